The highest BCUT2D eigenvalue weighted by atomic mass is 28.4. The molecule has 0 bridgehead atoms. The molecule has 122 valence electrons. The maximum atomic E-state index is 5.42. The van der Waals surface area contributed by atoms with Crippen LogP contribution in [0.25, 0.3) is 0 Å². The second-order valence-electron chi connectivity index (χ2n) is 6.06. The maximum Gasteiger partial charge on any atom is 0.500 e. The first kappa shape index (κ1) is 20.1. The Hall–Kier alpha value is 0.0969. The van der Waals surface area contributed by atoms with Gasteiger partial charge in [0.1, 0.15) is 0 Å². The summed E-state index contributed by atoms with van der Waals surface area (Å²) in [6.45, 7) is 4.62. The monoisotopic (exact) mass is 304 g/mol. The topological polar surface area (TPSA) is 27.7 Å². The van der Waals surface area contributed by atoms with Crippen LogP contribution in [0.4, 0.5) is 0 Å². The molecule has 0 aromatic heterocycles. The molecule has 0 saturated carbocycles. The third-order valence-corrected chi connectivity index (χ3v) is 6.78. The lowest BCUT2D eigenvalue weighted by Gasteiger charge is -2.24. The largest absolute Gasteiger partial charge is 0.500 e. The molecule has 0 amide bonds. The second kappa shape index (κ2) is 12.8. The van der Waals surface area contributed by atoms with E-state index in [2.05, 4.69) is 13.8 Å². The van der Waals surface area contributed by atoms with Crippen molar-refractivity contribution in [2.24, 2.45) is 5.92 Å². The minimum absolute atomic E-state index is 0.863. The van der Waals surface area contributed by atoms with Gasteiger partial charge in [-0.2, -0.15) is 0 Å². The molecule has 0 N–H and O–H groups in total. The van der Waals surface area contributed by atoms with E-state index in [1.54, 1.807) is 21.3 Å². The van der Waals surface area contributed by atoms with Crippen LogP contribution in [0.15, 0.2) is 0 Å². The van der Waals surface area contributed by atoms with Crippen molar-refractivity contribution in [1.29, 1.82) is 0 Å². The van der Waals surface area contributed by atoms with E-state index in [0.29, 0.717) is 0 Å². The quantitative estimate of drug-likeness (QED) is 0.333. The predicted octanol–water partition coefficient (Wildman–Crippen LogP) is 5.03. The molecule has 0 saturated heterocycles. The molecule has 0 heterocycles. The standard InChI is InChI=1S/C16H36O3Si/c1-16(2)14-12-10-8-6-7-9-11-13-15-20(17-3,18-4)19-5/h16H,6-15H2,1-5H3. The Morgan fingerprint density at radius 3 is 1.45 bits per heavy atom. The zero-order valence-corrected chi connectivity index (χ0v) is 15.4. The molecule has 0 spiro atoms. The van der Waals surface area contributed by atoms with Crippen LogP contribution in [0.2, 0.25) is 6.04 Å². The van der Waals surface area contributed by atoms with E-state index in [9.17, 15) is 0 Å². The van der Waals surface area contributed by atoms with Crippen molar-refractivity contribution in [1.82, 2.24) is 0 Å². The van der Waals surface area contributed by atoms with Gasteiger partial charge in [0.15, 0.2) is 0 Å². The van der Waals surface area contributed by atoms with Gasteiger partial charge in [-0.05, 0) is 12.3 Å². The molecule has 0 aromatic carbocycles. The van der Waals surface area contributed by atoms with Crippen LogP contribution < -0.4 is 0 Å². The lowest BCUT2D eigenvalue weighted by molar-refractivity contribution is 0.122. The fraction of sp³-hybridized carbons (Fsp3) is 1.00. The van der Waals surface area contributed by atoms with Crippen molar-refractivity contribution in [3.63, 3.8) is 0 Å². The van der Waals surface area contributed by atoms with E-state index in [-0.39, 0.29) is 0 Å². The minimum Gasteiger partial charge on any atom is -0.377 e. The first-order chi connectivity index (χ1) is 9.60. The first-order valence-electron chi connectivity index (χ1n) is 8.25. The summed E-state index contributed by atoms with van der Waals surface area (Å²) in [5, 5.41) is 0. The number of hydrogen-bond donors (Lipinski definition) is 0. The third-order valence-electron chi connectivity index (χ3n) is 3.95. The highest BCUT2D eigenvalue weighted by Crippen LogP contribution is 2.18. The number of unbranched alkanes of at least 4 members (excludes halogenated alkanes) is 7. The Morgan fingerprint density at radius 2 is 1.05 bits per heavy atom. The second-order valence-corrected chi connectivity index (χ2v) is 9.15. The van der Waals surface area contributed by atoms with Crippen LogP contribution >= 0.6 is 0 Å². The van der Waals surface area contributed by atoms with Gasteiger partial charge in [0.2, 0.25) is 0 Å². The first-order valence-corrected chi connectivity index (χ1v) is 10.2. The molecule has 0 unspecified atom stereocenters. The van der Waals surface area contributed by atoms with Crippen LogP contribution in [-0.2, 0) is 13.3 Å². The molecular weight excluding hydrogens is 268 g/mol. The summed E-state index contributed by atoms with van der Waals surface area (Å²) in [6, 6.07) is 0.935. The van der Waals surface area contributed by atoms with Gasteiger partial charge in [0, 0.05) is 27.4 Å². The van der Waals surface area contributed by atoms with Crippen LogP contribution in [0.1, 0.15) is 71.6 Å². The average Bonchev–Trinajstić information content (AvgIpc) is 2.45. The van der Waals surface area contributed by atoms with E-state index >= 15 is 0 Å². The van der Waals surface area contributed by atoms with Crippen LogP contribution in [0.5, 0.6) is 0 Å². The maximum absolute atomic E-state index is 5.42. The van der Waals surface area contributed by atoms with Crippen molar-refractivity contribution >= 4 is 8.80 Å². The van der Waals surface area contributed by atoms with E-state index in [1.165, 1.54) is 51.4 Å². The zero-order chi connectivity index (χ0) is 15.3. The van der Waals surface area contributed by atoms with Gasteiger partial charge in [0.25, 0.3) is 0 Å². The Bertz CT molecular complexity index is 198. The van der Waals surface area contributed by atoms with E-state index in [4.69, 9.17) is 13.3 Å². The molecule has 20 heavy (non-hydrogen) atoms. The summed E-state index contributed by atoms with van der Waals surface area (Å²) in [6.07, 6.45) is 12.1. The van der Waals surface area contributed by atoms with Gasteiger partial charge in [0.05, 0.1) is 0 Å². The Kier molecular flexibility index (Phi) is 12.9. The fourth-order valence-corrected chi connectivity index (χ4v) is 4.31. The average molecular weight is 305 g/mol. The lowest BCUT2D eigenvalue weighted by Crippen LogP contribution is -2.42. The highest BCUT2D eigenvalue weighted by Gasteiger charge is 2.36. The van der Waals surface area contributed by atoms with Gasteiger partial charge in [-0.1, -0.05) is 65.2 Å². The van der Waals surface area contributed by atoms with Gasteiger partial charge in [-0.25, -0.2) is 0 Å². The van der Waals surface area contributed by atoms with Gasteiger partial charge >= 0.3 is 8.80 Å². The highest BCUT2D eigenvalue weighted by molar-refractivity contribution is 6.60. The van der Waals surface area contributed by atoms with Crippen molar-refractivity contribution in [2.45, 2.75) is 77.7 Å². The van der Waals surface area contributed by atoms with Crippen LogP contribution in [-0.4, -0.2) is 30.1 Å². The molecular formula is C16H36O3Si. The summed E-state index contributed by atoms with van der Waals surface area (Å²) in [5.41, 5.74) is 0. The van der Waals surface area contributed by atoms with Crippen molar-refractivity contribution in [2.75, 3.05) is 21.3 Å². The van der Waals surface area contributed by atoms with Gasteiger partial charge in [-0.15, -0.1) is 0 Å². The number of hydrogen-bond acceptors (Lipinski definition) is 3. The molecule has 0 aliphatic carbocycles. The molecule has 0 atom stereocenters. The van der Waals surface area contributed by atoms with Crippen molar-refractivity contribution < 1.29 is 13.3 Å². The normalized spacial score (nSPS) is 12.3. The molecule has 0 rings (SSSR count). The fourth-order valence-electron chi connectivity index (χ4n) is 2.51. The summed E-state index contributed by atoms with van der Waals surface area (Å²) < 4.78 is 16.3. The third kappa shape index (κ3) is 9.92. The Morgan fingerprint density at radius 1 is 0.650 bits per heavy atom. The van der Waals surface area contributed by atoms with Gasteiger partial charge in [-0.3, -0.25) is 0 Å². The SMILES string of the molecule is CO[Si](CCCCCCCCCCC(C)C)(OC)OC. The molecule has 0 aliphatic rings. The number of rotatable bonds is 14. The minimum atomic E-state index is -2.31. The molecule has 0 fully saturated rings. The Balaban J connectivity index is 3.36. The van der Waals surface area contributed by atoms with Crippen molar-refractivity contribution in [3.8, 4) is 0 Å². The van der Waals surface area contributed by atoms with Crippen LogP contribution in [0, 0.1) is 5.92 Å². The Labute approximate surface area is 127 Å². The summed E-state index contributed by atoms with van der Waals surface area (Å²) in [5.74, 6) is 0.863. The van der Waals surface area contributed by atoms with E-state index < -0.39 is 8.80 Å². The lowest BCUT2D eigenvalue weighted by atomic mass is 10.0. The smallest absolute Gasteiger partial charge is 0.377 e. The molecule has 3 nitrogen and oxygen atoms in total. The van der Waals surface area contributed by atoms with Crippen LogP contribution in [0.3, 0.4) is 0 Å². The molecule has 0 aromatic rings. The van der Waals surface area contributed by atoms with Gasteiger partial charge < -0.3 is 13.3 Å². The molecule has 0 aliphatic heterocycles. The van der Waals surface area contributed by atoms with E-state index in [0.717, 1.165) is 18.4 Å². The molecule has 0 radical (unpaired) electrons. The summed E-state index contributed by atoms with van der Waals surface area (Å²) >= 11 is 0. The summed E-state index contributed by atoms with van der Waals surface area (Å²) in [4.78, 5) is 0. The molecule has 4 heteroatoms. The summed E-state index contributed by atoms with van der Waals surface area (Å²) in [7, 11) is 2.76. The predicted molar refractivity (Wildman–Crippen MR) is 88.0 cm³/mol. The van der Waals surface area contributed by atoms with E-state index in [1.807, 2.05) is 0 Å². The van der Waals surface area contributed by atoms with Crippen molar-refractivity contribution in [3.05, 3.63) is 0 Å². The zero-order valence-electron chi connectivity index (χ0n) is 14.4.